The quantitative estimate of drug-likeness (QED) is 0.262. The molecule has 0 aromatic heterocycles. The van der Waals surface area contributed by atoms with Crippen LogP contribution in [0, 0.1) is 0 Å². The lowest BCUT2D eigenvalue weighted by Gasteiger charge is -2.23. The van der Waals surface area contributed by atoms with Crippen molar-refractivity contribution >= 4 is 8.80 Å². The first-order chi connectivity index (χ1) is 9.74. The summed E-state index contributed by atoms with van der Waals surface area (Å²) < 4.78 is 21.5. The maximum Gasteiger partial charge on any atom is 0.527 e. The van der Waals surface area contributed by atoms with E-state index in [4.69, 9.17) is 18.0 Å². The van der Waals surface area contributed by atoms with Crippen LogP contribution >= 0.6 is 0 Å². The normalized spacial score (nSPS) is 11.8. The molecule has 120 valence electrons. The minimum absolute atomic E-state index is 0.429. The van der Waals surface area contributed by atoms with Gasteiger partial charge < -0.3 is 18.0 Å². The van der Waals surface area contributed by atoms with E-state index >= 15 is 0 Å². The van der Waals surface area contributed by atoms with Gasteiger partial charge in [0.15, 0.2) is 0 Å². The van der Waals surface area contributed by atoms with E-state index < -0.39 is 8.80 Å². The molecule has 0 bridgehead atoms. The van der Waals surface area contributed by atoms with Crippen molar-refractivity contribution in [2.75, 3.05) is 34.2 Å². The summed E-state index contributed by atoms with van der Waals surface area (Å²) in [5.41, 5.74) is 0. The smallest absolute Gasteiger partial charge is 0.377 e. The molecule has 5 heteroatoms. The summed E-state index contributed by atoms with van der Waals surface area (Å²) in [4.78, 5) is 0. The Bertz CT molecular complexity index is 212. The summed E-state index contributed by atoms with van der Waals surface area (Å²) >= 11 is 0. The molecular weight excluding hydrogens is 272 g/mol. The topological polar surface area (TPSA) is 36.9 Å². The number of unbranched alkanes of at least 4 members (excludes halogenated alkanes) is 7. The molecule has 0 aromatic rings. The Morgan fingerprint density at radius 3 is 1.80 bits per heavy atom. The molecule has 0 heterocycles. The molecule has 20 heavy (non-hydrogen) atoms. The number of hydrogen-bond donors (Lipinski definition) is 0. The van der Waals surface area contributed by atoms with Crippen molar-refractivity contribution in [1.29, 1.82) is 0 Å². The highest BCUT2D eigenvalue weighted by Gasteiger charge is 2.38. The minimum Gasteiger partial charge on any atom is -0.377 e. The van der Waals surface area contributed by atoms with Crippen molar-refractivity contribution < 1.29 is 18.0 Å². The SMILES string of the molecule is C=CCCCCCCCCCOC[Si](OC)(OC)OC. The Kier molecular flexibility index (Phi) is 13.6. The molecule has 0 aliphatic heterocycles. The zero-order chi connectivity index (χ0) is 15.1. The van der Waals surface area contributed by atoms with Crippen molar-refractivity contribution in [2.45, 2.75) is 51.4 Å². The van der Waals surface area contributed by atoms with Gasteiger partial charge in [0.05, 0.1) is 0 Å². The van der Waals surface area contributed by atoms with Crippen LogP contribution in [0.15, 0.2) is 12.7 Å². The van der Waals surface area contributed by atoms with Crippen molar-refractivity contribution in [3.8, 4) is 0 Å². The molecule has 0 aliphatic rings. The van der Waals surface area contributed by atoms with E-state index in [1.807, 2.05) is 6.08 Å². The fourth-order valence-electron chi connectivity index (χ4n) is 2.00. The lowest BCUT2D eigenvalue weighted by atomic mass is 10.1. The molecule has 0 unspecified atom stereocenters. The van der Waals surface area contributed by atoms with Crippen LogP contribution in [0.1, 0.15) is 51.4 Å². The van der Waals surface area contributed by atoms with E-state index in [0.29, 0.717) is 6.23 Å². The first-order valence-electron chi connectivity index (χ1n) is 7.58. The minimum atomic E-state index is -2.54. The molecule has 0 amide bonds. The first kappa shape index (κ1) is 19.8. The lowest BCUT2D eigenvalue weighted by molar-refractivity contribution is 0.0622. The largest absolute Gasteiger partial charge is 0.527 e. The molecule has 0 atom stereocenters. The summed E-state index contributed by atoms with van der Waals surface area (Å²) in [7, 11) is 2.28. The summed E-state index contributed by atoms with van der Waals surface area (Å²) in [5, 5.41) is 0. The molecule has 0 aromatic carbocycles. The zero-order valence-corrected chi connectivity index (χ0v) is 14.5. The molecule has 0 rings (SSSR count). The Labute approximate surface area is 125 Å². The third-order valence-corrected chi connectivity index (χ3v) is 5.83. The van der Waals surface area contributed by atoms with Crippen LogP contribution in [-0.4, -0.2) is 43.0 Å². The molecule has 0 fully saturated rings. The Hall–Kier alpha value is -0.203. The van der Waals surface area contributed by atoms with Crippen LogP contribution in [0.2, 0.25) is 0 Å². The third-order valence-electron chi connectivity index (χ3n) is 3.41. The maximum atomic E-state index is 5.61. The number of hydrogen-bond acceptors (Lipinski definition) is 4. The van der Waals surface area contributed by atoms with Crippen LogP contribution in [0.4, 0.5) is 0 Å². The van der Waals surface area contributed by atoms with Crippen LogP contribution < -0.4 is 0 Å². The van der Waals surface area contributed by atoms with Crippen molar-refractivity contribution in [3.05, 3.63) is 12.7 Å². The van der Waals surface area contributed by atoms with E-state index in [1.165, 1.54) is 38.5 Å². The van der Waals surface area contributed by atoms with Gasteiger partial charge >= 0.3 is 8.80 Å². The van der Waals surface area contributed by atoms with Gasteiger partial charge in [-0.3, -0.25) is 0 Å². The Morgan fingerprint density at radius 1 is 0.800 bits per heavy atom. The molecule has 4 nitrogen and oxygen atoms in total. The molecule has 0 aliphatic carbocycles. The second-order valence-corrected chi connectivity index (χ2v) is 7.78. The van der Waals surface area contributed by atoms with E-state index in [1.54, 1.807) is 21.3 Å². The summed E-state index contributed by atoms with van der Waals surface area (Å²) in [6, 6.07) is 0. The van der Waals surface area contributed by atoms with E-state index in [9.17, 15) is 0 Å². The van der Waals surface area contributed by atoms with Gasteiger partial charge in [-0.1, -0.05) is 38.2 Å². The average molecular weight is 305 g/mol. The van der Waals surface area contributed by atoms with Gasteiger partial charge in [-0.25, -0.2) is 0 Å². The molecule has 0 spiro atoms. The number of ether oxygens (including phenoxy) is 1. The van der Waals surface area contributed by atoms with Gasteiger partial charge in [0.2, 0.25) is 0 Å². The third kappa shape index (κ3) is 9.66. The van der Waals surface area contributed by atoms with Gasteiger partial charge in [-0.2, -0.15) is 0 Å². The highest BCUT2D eigenvalue weighted by Crippen LogP contribution is 2.10. The predicted octanol–water partition coefficient (Wildman–Crippen LogP) is 3.73. The van der Waals surface area contributed by atoms with Gasteiger partial charge in [-0.05, 0) is 19.3 Å². The zero-order valence-electron chi connectivity index (χ0n) is 13.5. The standard InChI is InChI=1S/C15H32O4Si/c1-5-6-7-8-9-10-11-12-13-14-19-15-20(16-2,17-3)18-4/h5H,1,6-15H2,2-4H3. The number of allylic oxidation sites excluding steroid dienone is 1. The highest BCUT2D eigenvalue weighted by molar-refractivity contribution is 6.60. The van der Waals surface area contributed by atoms with Crippen molar-refractivity contribution in [1.82, 2.24) is 0 Å². The number of rotatable bonds is 15. The maximum absolute atomic E-state index is 5.61. The predicted molar refractivity (Wildman–Crippen MR) is 84.7 cm³/mol. The fraction of sp³-hybridized carbons (Fsp3) is 0.867. The monoisotopic (exact) mass is 304 g/mol. The second-order valence-electron chi connectivity index (χ2n) is 4.90. The van der Waals surface area contributed by atoms with Gasteiger partial charge in [-0.15, -0.1) is 6.58 Å². The molecule has 0 saturated carbocycles. The van der Waals surface area contributed by atoms with Crippen LogP contribution in [0.5, 0.6) is 0 Å². The second kappa shape index (κ2) is 13.8. The van der Waals surface area contributed by atoms with Crippen molar-refractivity contribution in [3.63, 3.8) is 0 Å². The fourth-order valence-corrected chi connectivity index (χ4v) is 3.25. The van der Waals surface area contributed by atoms with Crippen molar-refractivity contribution in [2.24, 2.45) is 0 Å². The molecule has 0 N–H and O–H groups in total. The summed E-state index contributed by atoms with van der Waals surface area (Å²) in [6.07, 6.45) is 12.5. The van der Waals surface area contributed by atoms with Gasteiger partial charge in [0.25, 0.3) is 0 Å². The van der Waals surface area contributed by atoms with E-state index in [0.717, 1.165) is 19.4 Å². The molecular formula is C15H32O4Si. The first-order valence-corrected chi connectivity index (χ1v) is 9.52. The summed E-state index contributed by atoms with van der Waals surface area (Å²) in [6.45, 7) is 4.49. The Balaban J connectivity index is 3.33. The summed E-state index contributed by atoms with van der Waals surface area (Å²) in [5.74, 6) is 0. The Morgan fingerprint density at radius 2 is 1.30 bits per heavy atom. The molecule has 0 saturated heterocycles. The van der Waals surface area contributed by atoms with Crippen LogP contribution in [-0.2, 0) is 18.0 Å². The van der Waals surface area contributed by atoms with E-state index in [2.05, 4.69) is 6.58 Å². The molecule has 0 radical (unpaired) electrons. The lowest BCUT2D eigenvalue weighted by Crippen LogP contribution is -2.48. The van der Waals surface area contributed by atoms with Crippen LogP contribution in [0.25, 0.3) is 0 Å². The van der Waals surface area contributed by atoms with Crippen LogP contribution in [0.3, 0.4) is 0 Å². The van der Waals surface area contributed by atoms with Gasteiger partial charge in [0, 0.05) is 27.9 Å². The highest BCUT2D eigenvalue weighted by atomic mass is 28.4. The average Bonchev–Trinajstić information content (AvgIpc) is 2.49. The van der Waals surface area contributed by atoms with E-state index in [-0.39, 0.29) is 0 Å². The van der Waals surface area contributed by atoms with Gasteiger partial charge in [0.1, 0.15) is 6.23 Å².